The van der Waals surface area contributed by atoms with Crippen molar-refractivity contribution in [1.82, 2.24) is 10.2 Å². The highest BCUT2D eigenvalue weighted by Crippen LogP contribution is 2.25. The van der Waals surface area contributed by atoms with Crippen LogP contribution in [0, 0.1) is 11.3 Å². The summed E-state index contributed by atoms with van der Waals surface area (Å²) < 4.78 is 24.5. The first-order valence-electron chi connectivity index (χ1n) is 6.87. The van der Waals surface area contributed by atoms with Crippen LogP contribution in [0.3, 0.4) is 0 Å². The Morgan fingerprint density at radius 1 is 1.48 bits per heavy atom. The molecule has 0 amide bonds. The fourth-order valence-corrected chi connectivity index (χ4v) is 3.80. The molecule has 0 radical (unpaired) electrons. The van der Waals surface area contributed by atoms with Crippen LogP contribution in [-0.2, 0) is 9.84 Å². The van der Waals surface area contributed by atoms with Crippen molar-refractivity contribution in [2.75, 3.05) is 32.0 Å². The van der Waals surface area contributed by atoms with Crippen molar-refractivity contribution in [1.29, 1.82) is 5.26 Å². The first-order chi connectivity index (χ1) is 10.1. The van der Waals surface area contributed by atoms with Gasteiger partial charge in [0.05, 0.1) is 6.07 Å². The number of sulfone groups is 1. The second kappa shape index (κ2) is 6.78. The molecule has 1 unspecified atom stereocenters. The van der Waals surface area contributed by atoms with Gasteiger partial charge >= 0.3 is 0 Å². The summed E-state index contributed by atoms with van der Waals surface area (Å²) in [6.07, 6.45) is 7.51. The molecule has 2 aliphatic rings. The number of aliphatic hydroxyl groups is 1. The minimum absolute atomic E-state index is 0.102. The average molecular weight is 309 g/mol. The summed E-state index contributed by atoms with van der Waals surface area (Å²) in [4.78, 5) is 2.05. The fourth-order valence-electron chi connectivity index (χ4n) is 2.53. The first kappa shape index (κ1) is 15.6. The van der Waals surface area contributed by atoms with Gasteiger partial charge in [0, 0.05) is 31.8 Å². The van der Waals surface area contributed by atoms with Gasteiger partial charge in [-0.2, -0.15) is 5.26 Å². The van der Waals surface area contributed by atoms with Crippen LogP contribution in [0.4, 0.5) is 0 Å². The third-order valence-electron chi connectivity index (χ3n) is 3.48. The zero-order valence-corrected chi connectivity index (χ0v) is 12.5. The number of hydrogen-bond acceptors (Lipinski definition) is 6. The number of rotatable bonds is 5. The van der Waals surface area contributed by atoms with E-state index in [1.807, 2.05) is 4.90 Å². The largest absolute Gasteiger partial charge is 0.396 e. The van der Waals surface area contributed by atoms with Gasteiger partial charge in [-0.3, -0.25) is 0 Å². The van der Waals surface area contributed by atoms with Crippen molar-refractivity contribution in [2.45, 2.75) is 11.7 Å². The average Bonchev–Trinajstić information content (AvgIpc) is 2.93. The molecule has 0 saturated carbocycles. The van der Waals surface area contributed by atoms with Gasteiger partial charge in [-0.1, -0.05) is 24.3 Å². The lowest BCUT2D eigenvalue weighted by molar-refractivity contribution is 0.260. The molecule has 7 heteroatoms. The Morgan fingerprint density at radius 3 is 3.00 bits per heavy atom. The van der Waals surface area contributed by atoms with Crippen LogP contribution >= 0.6 is 0 Å². The highest BCUT2D eigenvalue weighted by molar-refractivity contribution is 7.92. The molecule has 114 valence electrons. The number of hydrogen-bond donors (Lipinski definition) is 2. The second-order valence-corrected chi connectivity index (χ2v) is 7.05. The van der Waals surface area contributed by atoms with Crippen molar-refractivity contribution >= 4 is 9.84 Å². The van der Waals surface area contributed by atoms with Crippen LogP contribution in [0.15, 0.2) is 35.7 Å². The van der Waals surface area contributed by atoms with Crippen LogP contribution in [0.25, 0.3) is 0 Å². The van der Waals surface area contributed by atoms with Crippen molar-refractivity contribution in [3.05, 3.63) is 35.7 Å². The van der Waals surface area contributed by atoms with Gasteiger partial charge < -0.3 is 15.3 Å². The van der Waals surface area contributed by atoms with E-state index in [1.54, 1.807) is 30.4 Å². The maximum Gasteiger partial charge on any atom is 0.174 e. The molecule has 2 rings (SSSR count). The first-order valence-corrected chi connectivity index (χ1v) is 8.59. The number of nitrogens with zero attached hydrogens (tertiary/aromatic N) is 2. The summed E-state index contributed by atoms with van der Waals surface area (Å²) in [6, 6.07) is 1.73. The van der Waals surface area contributed by atoms with E-state index in [-0.39, 0.29) is 6.61 Å². The lowest BCUT2D eigenvalue weighted by Crippen LogP contribution is -2.31. The Bertz CT molecular complexity index is 614. The molecule has 1 fully saturated rings. The van der Waals surface area contributed by atoms with Gasteiger partial charge in [-0.15, -0.1) is 0 Å². The number of nitrogens with one attached hydrogen (secondary N) is 1. The van der Waals surface area contributed by atoms with Crippen molar-refractivity contribution in [2.24, 2.45) is 0 Å². The van der Waals surface area contributed by atoms with Gasteiger partial charge in [0.1, 0.15) is 16.8 Å². The van der Waals surface area contributed by atoms with E-state index in [0.29, 0.717) is 18.5 Å². The van der Waals surface area contributed by atoms with Gasteiger partial charge in [0.2, 0.25) is 0 Å². The quantitative estimate of drug-likeness (QED) is 0.738. The third-order valence-corrected chi connectivity index (χ3v) is 5.20. The maximum atomic E-state index is 12.2. The normalized spacial score (nSPS) is 25.0. The van der Waals surface area contributed by atoms with Gasteiger partial charge in [-0.05, 0) is 6.42 Å². The molecular weight excluding hydrogens is 290 g/mol. The molecular formula is C14H19N3O3S. The topological polar surface area (TPSA) is 93.4 Å². The molecule has 6 nitrogen and oxygen atoms in total. The van der Waals surface area contributed by atoms with Crippen LogP contribution in [0.2, 0.25) is 0 Å². The van der Waals surface area contributed by atoms with E-state index in [4.69, 9.17) is 10.4 Å². The highest BCUT2D eigenvalue weighted by atomic mass is 32.2. The Hall–Kier alpha value is -1.78. The van der Waals surface area contributed by atoms with Gasteiger partial charge in [0.15, 0.2) is 9.84 Å². The highest BCUT2D eigenvalue weighted by Gasteiger charge is 2.31. The zero-order chi connectivity index (χ0) is 15.3. The minimum Gasteiger partial charge on any atom is -0.396 e. The fraction of sp³-hybridized carbons (Fsp3) is 0.500. The SMILES string of the molecule is N#CCS(=O)(=O)C1C=CC=CC1=C1NCCN1CCCO. The summed E-state index contributed by atoms with van der Waals surface area (Å²) in [6.45, 7) is 2.30. The lowest BCUT2D eigenvalue weighted by atomic mass is 10.1. The number of nitriles is 1. The van der Waals surface area contributed by atoms with E-state index in [9.17, 15) is 8.42 Å². The Labute approximate surface area is 125 Å². The molecule has 1 heterocycles. The monoisotopic (exact) mass is 309 g/mol. The molecule has 0 bridgehead atoms. The molecule has 0 aromatic rings. The van der Waals surface area contributed by atoms with E-state index < -0.39 is 20.8 Å². The second-order valence-electron chi connectivity index (χ2n) is 4.92. The van der Waals surface area contributed by atoms with Crippen molar-refractivity contribution in [3.8, 4) is 6.07 Å². The van der Waals surface area contributed by atoms with Crippen LogP contribution < -0.4 is 5.32 Å². The van der Waals surface area contributed by atoms with Crippen LogP contribution in [0.1, 0.15) is 6.42 Å². The summed E-state index contributed by atoms with van der Waals surface area (Å²) in [5.74, 6) is 0.291. The molecule has 2 N–H and O–H groups in total. The van der Waals surface area contributed by atoms with Gasteiger partial charge in [-0.25, -0.2) is 8.42 Å². The van der Waals surface area contributed by atoms with Crippen molar-refractivity contribution in [3.63, 3.8) is 0 Å². The molecule has 21 heavy (non-hydrogen) atoms. The molecule has 1 saturated heterocycles. The number of allylic oxidation sites excluding steroid dienone is 3. The van der Waals surface area contributed by atoms with E-state index in [1.165, 1.54) is 0 Å². The standard InChI is InChI=1S/C14H19N3O3S/c15-6-11-21(19,20)13-5-2-1-4-12(13)14-16-7-9-17(14)8-3-10-18/h1-2,4-5,13,16,18H,3,7-11H2. The summed E-state index contributed by atoms with van der Waals surface area (Å²) in [5.41, 5.74) is 0.670. The number of aliphatic hydroxyl groups excluding tert-OH is 1. The van der Waals surface area contributed by atoms with Crippen LogP contribution in [0.5, 0.6) is 0 Å². The van der Waals surface area contributed by atoms with Crippen molar-refractivity contribution < 1.29 is 13.5 Å². The lowest BCUT2D eigenvalue weighted by Gasteiger charge is -2.25. The smallest absolute Gasteiger partial charge is 0.174 e. The van der Waals surface area contributed by atoms with Gasteiger partial charge in [0.25, 0.3) is 0 Å². The summed E-state index contributed by atoms with van der Waals surface area (Å²) in [7, 11) is -3.54. The molecule has 0 aromatic heterocycles. The Kier molecular flexibility index (Phi) is 5.04. The predicted molar refractivity (Wildman–Crippen MR) is 79.8 cm³/mol. The van der Waals surface area contributed by atoms with E-state index in [0.717, 1.165) is 18.9 Å². The molecule has 1 aliphatic heterocycles. The summed E-state index contributed by atoms with van der Waals surface area (Å²) in [5, 5.41) is 20.1. The third kappa shape index (κ3) is 3.46. The van der Waals surface area contributed by atoms with E-state index in [2.05, 4.69) is 5.32 Å². The molecule has 0 spiro atoms. The molecule has 0 aromatic carbocycles. The zero-order valence-electron chi connectivity index (χ0n) is 11.7. The predicted octanol–water partition coefficient (Wildman–Crippen LogP) is -0.0814. The minimum atomic E-state index is -3.54. The summed E-state index contributed by atoms with van der Waals surface area (Å²) >= 11 is 0. The Balaban J connectivity index is 2.34. The molecule has 1 atom stereocenters. The van der Waals surface area contributed by atoms with Crippen LogP contribution in [-0.4, -0.2) is 55.7 Å². The molecule has 1 aliphatic carbocycles. The maximum absolute atomic E-state index is 12.2. The Morgan fingerprint density at radius 2 is 2.29 bits per heavy atom. The van der Waals surface area contributed by atoms with E-state index >= 15 is 0 Å².